The molecule has 0 radical (unpaired) electrons. The van der Waals surface area contributed by atoms with Gasteiger partial charge in [-0.1, -0.05) is 0 Å². The zero-order valence-electron chi connectivity index (χ0n) is 12.4. The van der Waals surface area contributed by atoms with E-state index in [-0.39, 0.29) is 17.6 Å². The molecule has 1 aliphatic carbocycles. The van der Waals surface area contributed by atoms with Gasteiger partial charge in [0.15, 0.2) is 0 Å². The number of rotatable bonds is 3. The average molecular weight is 293 g/mol. The Kier molecular flexibility index (Phi) is 4.37. The molecule has 0 bridgehead atoms. The molecule has 2 fully saturated rings. The van der Waals surface area contributed by atoms with Crippen LogP contribution in [0.5, 0.6) is 0 Å². The highest BCUT2D eigenvalue weighted by molar-refractivity contribution is 4.98. The number of aliphatic hydroxyl groups is 1. The van der Waals surface area contributed by atoms with Crippen molar-refractivity contribution in [3.8, 4) is 0 Å². The van der Waals surface area contributed by atoms with Crippen molar-refractivity contribution in [3.63, 3.8) is 0 Å². The van der Waals surface area contributed by atoms with Gasteiger partial charge in [-0.15, -0.1) is 0 Å². The van der Waals surface area contributed by atoms with E-state index in [0.29, 0.717) is 19.3 Å². The molecule has 2 unspecified atom stereocenters. The molecule has 21 heavy (non-hydrogen) atoms. The summed E-state index contributed by atoms with van der Waals surface area (Å²) in [6, 6.07) is 3.99. The highest BCUT2D eigenvalue weighted by atomic mass is 16.5. The van der Waals surface area contributed by atoms with E-state index in [4.69, 9.17) is 4.74 Å². The molecule has 2 N–H and O–H groups in total. The van der Waals surface area contributed by atoms with E-state index in [9.17, 15) is 9.90 Å². The van der Waals surface area contributed by atoms with Crippen molar-refractivity contribution in [2.75, 3.05) is 13.2 Å². The molecule has 1 saturated heterocycles. The predicted molar refractivity (Wildman–Crippen MR) is 78.3 cm³/mol. The molecule has 0 aromatic carbocycles. The van der Waals surface area contributed by atoms with Gasteiger partial charge in [-0.25, -0.2) is 4.68 Å². The minimum atomic E-state index is -0.399. The fourth-order valence-electron chi connectivity index (χ4n) is 3.27. The molecule has 1 saturated carbocycles. The fourth-order valence-corrected chi connectivity index (χ4v) is 3.27. The Hall–Kier alpha value is -1.24. The van der Waals surface area contributed by atoms with Crippen LogP contribution in [0.3, 0.4) is 0 Å². The Morgan fingerprint density at radius 3 is 2.71 bits per heavy atom. The van der Waals surface area contributed by atoms with Gasteiger partial charge in [-0.05, 0) is 38.7 Å². The molecule has 1 aromatic rings. The van der Waals surface area contributed by atoms with Crippen molar-refractivity contribution in [3.05, 3.63) is 28.2 Å². The van der Waals surface area contributed by atoms with Gasteiger partial charge in [-0.2, -0.15) is 5.10 Å². The van der Waals surface area contributed by atoms with Gasteiger partial charge in [-0.3, -0.25) is 4.79 Å². The zero-order valence-corrected chi connectivity index (χ0v) is 12.4. The second kappa shape index (κ2) is 6.25. The average Bonchev–Trinajstić information content (AvgIpc) is 2.88. The van der Waals surface area contributed by atoms with Crippen molar-refractivity contribution >= 4 is 0 Å². The van der Waals surface area contributed by atoms with Crippen LogP contribution in [0.1, 0.15) is 37.4 Å². The zero-order chi connectivity index (χ0) is 14.8. The lowest BCUT2D eigenvalue weighted by Crippen LogP contribution is -2.46. The standard InChI is InChI=1S/C15H23N3O3/c1-10-2-7-15(20)18(17-10)12-5-3-11(4-6-12)16-13-8-21-9-14(13)19/h2,7,11-14,16,19H,3-6,8-9H2,1H3. The summed E-state index contributed by atoms with van der Waals surface area (Å²) in [6.07, 6.45) is 3.48. The molecular formula is C15H23N3O3. The number of hydrogen-bond donors (Lipinski definition) is 2. The molecule has 2 atom stereocenters. The third kappa shape index (κ3) is 3.33. The smallest absolute Gasteiger partial charge is 0.267 e. The van der Waals surface area contributed by atoms with E-state index in [0.717, 1.165) is 31.4 Å². The van der Waals surface area contributed by atoms with Crippen LogP contribution in [0.2, 0.25) is 0 Å². The van der Waals surface area contributed by atoms with Gasteiger partial charge in [0.25, 0.3) is 5.56 Å². The Morgan fingerprint density at radius 1 is 1.29 bits per heavy atom. The number of aryl methyl sites for hydroxylation is 1. The van der Waals surface area contributed by atoms with E-state index in [1.54, 1.807) is 16.8 Å². The summed E-state index contributed by atoms with van der Waals surface area (Å²) in [5, 5.41) is 17.6. The van der Waals surface area contributed by atoms with Crippen molar-refractivity contribution < 1.29 is 9.84 Å². The third-order valence-corrected chi connectivity index (χ3v) is 4.50. The molecule has 1 aliphatic heterocycles. The number of hydrogen-bond acceptors (Lipinski definition) is 5. The molecule has 1 aromatic heterocycles. The topological polar surface area (TPSA) is 76.4 Å². The van der Waals surface area contributed by atoms with Crippen LogP contribution in [0, 0.1) is 6.92 Å². The number of ether oxygens (including phenoxy) is 1. The quantitative estimate of drug-likeness (QED) is 0.843. The van der Waals surface area contributed by atoms with Crippen LogP contribution in [0.4, 0.5) is 0 Å². The van der Waals surface area contributed by atoms with Crippen LogP contribution >= 0.6 is 0 Å². The maximum atomic E-state index is 11.9. The summed E-state index contributed by atoms with van der Waals surface area (Å²) in [5.74, 6) is 0. The predicted octanol–water partition coefficient (Wildman–Crippen LogP) is 0.385. The van der Waals surface area contributed by atoms with Crippen LogP contribution in [0.15, 0.2) is 16.9 Å². The summed E-state index contributed by atoms with van der Waals surface area (Å²) in [5.41, 5.74) is 0.859. The Morgan fingerprint density at radius 2 is 2.05 bits per heavy atom. The van der Waals surface area contributed by atoms with E-state index >= 15 is 0 Å². The molecule has 0 amide bonds. The molecular weight excluding hydrogens is 270 g/mol. The Labute approximate surface area is 124 Å². The molecule has 6 heteroatoms. The van der Waals surface area contributed by atoms with Crippen LogP contribution < -0.4 is 10.9 Å². The lowest BCUT2D eigenvalue weighted by molar-refractivity contribution is 0.119. The normalized spacial score (nSPS) is 33.2. The van der Waals surface area contributed by atoms with E-state index in [1.165, 1.54) is 0 Å². The summed E-state index contributed by atoms with van der Waals surface area (Å²) in [7, 11) is 0. The second-order valence-corrected chi connectivity index (χ2v) is 6.14. The van der Waals surface area contributed by atoms with Crippen molar-refractivity contribution in [1.82, 2.24) is 15.1 Å². The first kappa shape index (κ1) is 14.7. The lowest BCUT2D eigenvalue weighted by Gasteiger charge is -2.31. The highest BCUT2D eigenvalue weighted by Gasteiger charge is 2.30. The van der Waals surface area contributed by atoms with E-state index in [2.05, 4.69) is 10.4 Å². The van der Waals surface area contributed by atoms with Gasteiger partial charge in [0.2, 0.25) is 0 Å². The van der Waals surface area contributed by atoms with E-state index in [1.807, 2.05) is 6.92 Å². The summed E-state index contributed by atoms with van der Waals surface area (Å²) in [4.78, 5) is 11.9. The SMILES string of the molecule is Cc1ccc(=O)n(C2CCC(NC3COCC3O)CC2)n1. The second-order valence-electron chi connectivity index (χ2n) is 6.14. The van der Waals surface area contributed by atoms with Gasteiger partial charge < -0.3 is 15.2 Å². The number of nitrogens with one attached hydrogen (secondary N) is 1. The monoisotopic (exact) mass is 293 g/mol. The molecule has 116 valence electrons. The van der Waals surface area contributed by atoms with Crippen LogP contribution in [-0.4, -0.2) is 46.3 Å². The first-order valence-electron chi connectivity index (χ1n) is 7.72. The number of aromatic nitrogens is 2. The van der Waals surface area contributed by atoms with Gasteiger partial charge in [0.1, 0.15) is 0 Å². The first-order valence-corrected chi connectivity index (χ1v) is 7.72. The Bertz CT molecular complexity index is 537. The van der Waals surface area contributed by atoms with Crippen LogP contribution in [0.25, 0.3) is 0 Å². The van der Waals surface area contributed by atoms with Crippen molar-refractivity contribution in [2.45, 2.75) is 56.8 Å². The molecule has 2 heterocycles. The molecule has 3 rings (SSSR count). The molecule has 6 nitrogen and oxygen atoms in total. The maximum absolute atomic E-state index is 11.9. The molecule has 2 aliphatic rings. The third-order valence-electron chi connectivity index (χ3n) is 4.50. The maximum Gasteiger partial charge on any atom is 0.267 e. The highest BCUT2D eigenvalue weighted by Crippen LogP contribution is 2.27. The van der Waals surface area contributed by atoms with Gasteiger partial charge in [0, 0.05) is 12.1 Å². The van der Waals surface area contributed by atoms with Gasteiger partial charge >= 0.3 is 0 Å². The largest absolute Gasteiger partial charge is 0.389 e. The van der Waals surface area contributed by atoms with Crippen molar-refractivity contribution in [2.24, 2.45) is 0 Å². The van der Waals surface area contributed by atoms with Gasteiger partial charge in [0.05, 0.1) is 37.1 Å². The first-order chi connectivity index (χ1) is 10.1. The lowest BCUT2D eigenvalue weighted by atomic mass is 9.90. The van der Waals surface area contributed by atoms with Crippen molar-refractivity contribution in [1.29, 1.82) is 0 Å². The van der Waals surface area contributed by atoms with Crippen LogP contribution in [-0.2, 0) is 4.74 Å². The number of aliphatic hydroxyl groups excluding tert-OH is 1. The summed E-state index contributed by atoms with van der Waals surface area (Å²) in [6.45, 7) is 2.92. The van der Waals surface area contributed by atoms with E-state index < -0.39 is 6.10 Å². The summed E-state index contributed by atoms with van der Waals surface area (Å²) < 4.78 is 6.90. The Balaban J connectivity index is 1.57. The summed E-state index contributed by atoms with van der Waals surface area (Å²) >= 11 is 0. The number of nitrogens with zero attached hydrogens (tertiary/aromatic N) is 2. The molecule has 0 spiro atoms. The minimum Gasteiger partial charge on any atom is -0.389 e. The fraction of sp³-hybridized carbons (Fsp3) is 0.733. The minimum absolute atomic E-state index is 0.0170.